The van der Waals surface area contributed by atoms with E-state index < -0.39 is 0 Å². The topological polar surface area (TPSA) is 40.7 Å². The predicted molar refractivity (Wildman–Crippen MR) is 86.6 cm³/mol. The van der Waals surface area contributed by atoms with Crippen LogP contribution in [0.15, 0.2) is 36.4 Å². The molecule has 1 unspecified atom stereocenters. The third kappa shape index (κ3) is 1.92. The molecule has 0 amide bonds. The van der Waals surface area contributed by atoms with Crippen molar-refractivity contribution in [3.05, 3.63) is 64.4 Å². The normalized spacial score (nSPS) is 19.5. The fourth-order valence-electron chi connectivity index (χ4n) is 3.20. The van der Waals surface area contributed by atoms with Crippen molar-refractivity contribution in [3.63, 3.8) is 0 Å². The van der Waals surface area contributed by atoms with Gasteiger partial charge in [-0.1, -0.05) is 36.4 Å². The average molecular weight is 277 g/mol. The standard InChI is InChI=1S/C18H19N3/c1-11-6-7-14(10-12(11)2)15-8-9-19-18-16(15)17(20-21-18)13-4-3-5-13/h3-7,10,15H,8-9H2,1-2H3,(H2,19,20,21). The van der Waals surface area contributed by atoms with Crippen molar-refractivity contribution in [2.45, 2.75) is 26.2 Å². The Balaban J connectivity index is 1.82. The lowest BCUT2D eigenvalue weighted by Crippen LogP contribution is -2.18. The van der Waals surface area contributed by atoms with Crippen LogP contribution in [-0.2, 0) is 0 Å². The number of benzene rings is 1. The second-order valence-electron chi connectivity index (χ2n) is 5.95. The highest BCUT2D eigenvalue weighted by atomic mass is 15.2. The van der Waals surface area contributed by atoms with Gasteiger partial charge in [0.1, 0.15) is 0 Å². The molecule has 0 fully saturated rings. The third-order valence-corrected chi connectivity index (χ3v) is 4.65. The van der Waals surface area contributed by atoms with Crippen molar-refractivity contribution in [2.75, 3.05) is 11.9 Å². The summed E-state index contributed by atoms with van der Waals surface area (Å²) in [6, 6.07) is 6.83. The quantitative estimate of drug-likeness (QED) is 0.873. The number of anilines is 1. The number of H-pyrrole nitrogens is 1. The van der Waals surface area contributed by atoms with Crippen LogP contribution < -0.4 is 5.32 Å². The summed E-state index contributed by atoms with van der Waals surface area (Å²) in [6.45, 7) is 5.33. The van der Waals surface area contributed by atoms with Crippen molar-refractivity contribution >= 4 is 11.4 Å². The maximum absolute atomic E-state index is 4.46. The molecule has 3 nitrogen and oxygen atoms in total. The van der Waals surface area contributed by atoms with Crippen LogP contribution in [0, 0.1) is 13.8 Å². The van der Waals surface area contributed by atoms with Crippen molar-refractivity contribution in [3.8, 4) is 0 Å². The number of aromatic amines is 1. The minimum absolute atomic E-state index is 0.421. The van der Waals surface area contributed by atoms with Crippen molar-refractivity contribution in [1.82, 2.24) is 10.2 Å². The van der Waals surface area contributed by atoms with E-state index in [4.69, 9.17) is 0 Å². The number of hydrogen-bond donors (Lipinski definition) is 2. The smallest absolute Gasteiger partial charge is 0.152 e. The summed E-state index contributed by atoms with van der Waals surface area (Å²) in [7, 11) is 0. The van der Waals surface area contributed by atoms with Crippen molar-refractivity contribution in [1.29, 1.82) is 0 Å². The Morgan fingerprint density at radius 1 is 1.19 bits per heavy atom. The third-order valence-electron chi connectivity index (χ3n) is 4.65. The zero-order chi connectivity index (χ0) is 14.4. The zero-order valence-corrected chi connectivity index (χ0v) is 12.4. The van der Waals surface area contributed by atoms with Gasteiger partial charge in [-0.3, -0.25) is 5.10 Å². The molecule has 0 saturated carbocycles. The van der Waals surface area contributed by atoms with Crippen LogP contribution in [0.25, 0.3) is 5.57 Å². The van der Waals surface area contributed by atoms with Gasteiger partial charge in [0.2, 0.25) is 0 Å². The van der Waals surface area contributed by atoms with Crippen LogP contribution in [0.5, 0.6) is 0 Å². The first-order chi connectivity index (χ1) is 10.2. The van der Waals surface area contributed by atoms with Gasteiger partial charge in [-0.25, -0.2) is 0 Å². The molecule has 2 N–H and O–H groups in total. The molecule has 2 aliphatic rings. The Kier molecular flexibility index (Phi) is 2.74. The summed E-state index contributed by atoms with van der Waals surface area (Å²) in [4.78, 5) is 0. The van der Waals surface area contributed by atoms with E-state index in [1.165, 1.54) is 33.5 Å². The number of nitrogens with zero attached hydrogens (tertiary/aromatic N) is 1. The highest BCUT2D eigenvalue weighted by Crippen LogP contribution is 2.41. The fraction of sp³-hybridized carbons (Fsp3) is 0.278. The summed E-state index contributed by atoms with van der Waals surface area (Å²) in [5.74, 6) is 1.44. The highest BCUT2D eigenvalue weighted by molar-refractivity contribution is 5.83. The first-order valence-corrected chi connectivity index (χ1v) is 7.52. The number of rotatable bonds is 2. The summed E-state index contributed by atoms with van der Waals surface area (Å²) in [5, 5.41) is 11.1. The van der Waals surface area contributed by atoms with Gasteiger partial charge in [0.15, 0.2) is 5.82 Å². The number of nitrogens with one attached hydrogen (secondary N) is 2. The molecule has 1 atom stereocenters. The number of aryl methyl sites for hydroxylation is 2. The molecule has 0 bridgehead atoms. The van der Waals surface area contributed by atoms with Crippen molar-refractivity contribution < 1.29 is 0 Å². The highest BCUT2D eigenvalue weighted by Gasteiger charge is 2.28. The molecule has 0 spiro atoms. The number of allylic oxidation sites excluding steroid dienone is 4. The lowest BCUT2D eigenvalue weighted by Gasteiger charge is -2.25. The van der Waals surface area contributed by atoms with Crippen molar-refractivity contribution in [2.24, 2.45) is 0 Å². The number of fused-ring (bicyclic) bond motifs is 1. The van der Waals surface area contributed by atoms with Gasteiger partial charge in [-0.05, 0) is 42.5 Å². The van der Waals surface area contributed by atoms with Gasteiger partial charge < -0.3 is 5.32 Å². The Hall–Kier alpha value is -2.29. The fourth-order valence-corrected chi connectivity index (χ4v) is 3.20. The summed E-state index contributed by atoms with van der Waals surface area (Å²) in [5.41, 5.74) is 7.85. The molecule has 1 aromatic carbocycles. The van der Waals surface area contributed by atoms with E-state index in [0.717, 1.165) is 18.8 Å². The van der Waals surface area contributed by atoms with Crippen LogP contribution in [-0.4, -0.2) is 16.7 Å². The predicted octanol–water partition coefficient (Wildman–Crippen LogP) is 3.93. The van der Waals surface area contributed by atoms with Crippen LogP contribution in [0.4, 0.5) is 5.82 Å². The second kappa shape index (κ2) is 4.62. The molecule has 1 aromatic heterocycles. The number of hydrogen-bond acceptors (Lipinski definition) is 2. The lowest BCUT2D eigenvalue weighted by molar-refractivity contribution is 0.717. The van der Waals surface area contributed by atoms with E-state index in [1.54, 1.807) is 0 Å². The van der Waals surface area contributed by atoms with Gasteiger partial charge in [0, 0.05) is 18.0 Å². The van der Waals surface area contributed by atoms with E-state index in [0.29, 0.717) is 5.92 Å². The molecule has 0 saturated heterocycles. The van der Waals surface area contributed by atoms with Gasteiger partial charge in [-0.2, -0.15) is 5.10 Å². The van der Waals surface area contributed by atoms with Crippen LogP contribution in [0.3, 0.4) is 0 Å². The molecule has 4 rings (SSSR count). The molecule has 1 aliphatic heterocycles. The first-order valence-electron chi connectivity index (χ1n) is 7.52. The van der Waals surface area contributed by atoms with Gasteiger partial charge in [0.05, 0.1) is 5.69 Å². The molecular formula is C18H19N3. The Morgan fingerprint density at radius 2 is 2.05 bits per heavy atom. The Morgan fingerprint density at radius 3 is 2.76 bits per heavy atom. The summed E-state index contributed by atoms with van der Waals surface area (Å²) >= 11 is 0. The SMILES string of the molecule is Cc1ccc(C2CCNc3n[nH]c(C4=CC=C4)c32)cc1C. The lowest BCUT2D eigenvalue weighted by atomic mass is 9.83. The van der Waals surface area contributed by atoms with Gasteiger partial charge in [0.25, 0.3) is 0 Å². The summed E-state index contributed by atoms with van der Waals surface area (Å²) < 4.78 is 0. The molecule has 21 heavy (non-hydrogen) atoms. The Labute approximate surface area is 124 Å². The molecule has 106 valence electrons. The molecular weight excluding hydrogens is 258 g/mol. The number of aromatic nitrogens is 2. The second-order valence-corrected chi connectivity index (χ2v) is 5.95. The Bertz CT molecular complexity index is 765. The van der Waals surface area contributed by atoms with E-state index in [9.17, 15) is 0 Å². The zero-order valence-electron chi connectivity index (χ0n) is 12.4. The van der Waals surface area contributed by atoms with Crippen LogP contribution in [0.2, 0.25) is 0 Å². The largest absolute Gasteiger partial charge is 0.368 e. The maximum Gasteiger partial charge on any atom is 0.152 e. The maximum atomic E-state index is 4.46. The summed E-state index contributed by atoms with van der Waals surface area (Å²) in [6.07, 6.45) is 7.46. The molecule has 2 aromatic rings. The monoisotopic (exact) mass is 277 g/mol. The van der Waals surface area contributed by atoms with E-state index in [-0.39, 0.29) is 0 Å². The molecule has 3 heteroatoms. The molecule has 1 aliphatic carbocycles. The minimum Gasteiger partial charge on any atom is -0.368 e. The van der Waals surface area contributed by atoms with E-state index in [1.807, 2.05) is 0 Å². The van der Waals surface area contributed by atoms with Crippen LogP contribution >= 0.6 is 0 Å². The van der Waals surface area contributed by atoms with Gasteiger partial charge >= 0.3 is 0 Å². The minimum atomic E-state index is 0.421. The van der Waals surface area contributed by atoms with E-state index in [2.05, 4.69) is 65.8 Å². The van der Waals surface area contributed by atoms with Gasteiger partial charge in [-0.15, -0.1) is 0 Å². The van der Waals surface area contributed by atoms with Crippen LogP contribution in [0.1, 0.15) is 40.3 Å². The average Bonchev–Trinajstić information content (AvgIpc) is 2.84. The van der Waals surface area contributed by atoms with E-state index >= 15 is 0 Å². The molecule has 2 heterocycles. The first kappa shape index (κ1) is 12.5. The molecule has 0 radical (unpaired) electrons.